The summed E-state index contributed by atoms with van der Waals surface area (Å²) in [7, 11) is -3.46. The molecule has 10 heteroatoms. The fourth-order valence-electron chi connectivity index (χ4n) is 3.58. The summed E-state index contributed by atoms with van der Waals surface area (Å²) in [6.45, 7) is 5.42. The smallest absolute Gasteiger partial charge is 0.243 e. The third kappa shape index (κ3) is 4.08. The molecule has 8 nitrogen and oxygen atoms in total. The van der Waals surface area contributed by atoms with Gasteiger partial charge in [-0.25, -0.2) is 13.1 Å². The molecule has 2 aromatic heterocycles. The summed E-state index contributed by atoms with van der Waals surface area (Å²) in [6.07, 6.45) is 3.48. The first-order valence-corrected chi connectivity index (χ1v) is 11.7. The van der Waals surface area contributed by atoms with Crippen molar-refractivity contribution in [2.24, 2.45) is 0 Å². The van der Waals surface area contributed by atoms with Crippen molar-refractivity contribution >= 4 is 22.2 Å². The Bertz CT molecular complexity index is 1150. The van der Waals surface area contributed by atoms with E-state index in [9.17, 15) is 8.42 Å². The van der Waals surface area contributed by atoms with E-state index in [0.717, 1.165) is 17.9 Å². The summed E-state index contributed by atoms with van der Waals surface area (Å²) in [5.41, 5.74) is 0.968. The van der Waals surface area contributed by atoms with Gasteiger partial charge in [-0.15, -0.1) is 0 Å². The quantitative estimate of drug-likeness (QED) is 0.544. The van der Waals surface area contributed by atoms with Crippen molar-refractivity contribution in [2.75, 3.05) is 26.2 Å². The fourth-order valence-corrected chi connectivity index (χ4v) is 5.33. The van der Waals surface area contributed by atoms with Gasteiger partial charge >= 0.3 is 0 Å². The van der Waals surface area contributed by atoms with Crippen molar-refractivity contribution in [3.63, 3.8) is 0 Å². The lowest BCUT2D eigenvalue weighted by Crippen LogP contribution is -2.48. The molecule has 1 aromatic carbocycles. The molecule has 0 atom stereocenters. The monoisotopic (exact) mass is 444 g/mol. The molecule has 3 aromatic rings. The van der Waals surface area contributed by atoms with Crippen LogP contribution in [0.15, 0.2) is 59.8 Å². The van der Waals surface area contributed by atoms with Crippen LogP contribution in [0.2, 0.25) is 0 Å². The average molecular weight is 445 g/mol. The Hall–Kier alpha value is -2.40. The zero-order valence-electron chi connectivity index (χ0n) is 16.8. The van der Waals surface area contributed by atoms with Gasteiger partial charge in [0, 0.05) is 50.7 Å². The van der Waals surface area contributed by atoms with Gasteiger partial charge in [0.1, 0.15) is 0 Å². The van der Waals surface area contributed by atoms with E-state index in [-0.39, 0.29) is 0 Å². The molecule has 30 heavy (non-hydrogen) atoms. The van der Waals surface area contributed by atoms with E-state index < -0.39 is 10.0 Å². The van der Waals surface area contributed by atoms with Crippen LogP contribution in [0.25, 0.3) is 11.4 Å². The third-order valence-corrected chi connectivity index (χ3v) is 7.57. The highest BCUT2D eigenvalue weighted by Gasteiger charge is 2.28. The molecule has 0 radical (unpaired) electrons. The van der Waals surface area contributed by atoms with Crippen LogP contribution in [0, 0.1) is 4.77 Å². The van der Waals surface area contributed by atoms with Crippen LogP contribution in [0.4, 0.5) is 0 Å². The summed E-state index contributed by atoms with van der Waals surface area (Å²) < 4.78 is 31.6. The molecular formula is C20H24N6O2S2. The van der Waals surface area contributed by atoms with Crippen LogP contribution in [-0.4, -0.2) is 63.1 Å². The van der Waals surface area contributed by atoms with Gasteiger partial charge < -0.3 is 4.57 Å². The Morgan fingerprint density at radius 2 is 1.67 bits per heavy atom. The van der Waals surface area contributed by atoms with Gasteiger partial charge in [-0.1, -0.05) is 18.2 Å². The van der Waals surface area contributed by atoms with Gasteiger partial charge in [-0.05, 0) is 43.4 Å². The minimum Gasteiger partial charge on any atom is -0.300 e. The van der Waals surface area contributed by atoms with Crippen molar-refractivity contribution in [1.82, 2.24) is 28.5 Å². The molecule has 158 valence electrons. The molecule has 1 aliphatic rings. The first-order chi connectivity index (χ1) is 14.5. The Balaban J connectivity index is 1.47. The lowest BCUT2D eigenvalue weighted by molar-refractivity contribution is 0.144. The highest BCUT2D eigenvalue weighted by molar-refractivity contribution is 7.89. The van der Waals surface area contributed by atoms with Gasteiger partial charge in [0.25, 0.3) is 0 Å². The summed E-state index contributed by atoms with van der Waals surface area (Å²) in [5.74, 6) is 0.815. The normalized spacial score (nSPS) is 16.0. The molecule has 3 heterocycles. The van der Waals surface area contributed by atoms with E-state index >= 15 is 0 Å². The zero-order valence-corrected chi connectivity index (χ0v) is 18.4. The predicted octanol–water partition coefficient (Wildman–Crippen LogP) is 2.46. The van der Waals surface area contributed by atoms with Gasteiger partial charge in [-0.3, -0.25) is 9.88 Å². The minimum atomic E-state index is -3.46. The molecular weight excluding hydrogens is 420 g/mol. The first-order valence-electron chi connectivity index (χ1n) is 9.86. The van der Waals surface area contributed by atoms with Crippen LogP contribution in [-0.2, 0) is 23.2 Å². The Kier molecular flexibility index (Phi) is 6.09. The second-order valence-corrected chi connectivity index (χ2v) is 9.37. The highest BCUT2D eigenvalue weighted by Crippen LogP contribution is 2.19. The van der Waals surface area contributed by atoms with E-state index in [4.69, 9.17) is 17.3 Å². The molecule has 0 spiro atoms. The van der Waals surface area contributed by atoms with Crippen LogP contribution >= 0.6 is 12.2 Å². The second kappa shape index (κ2) is 8.76. The number of nitrogens with zero attached hydrogens (tertiary/aromatic N) is 6. The number of aromatic nitrogens is 4. The van der Waals surface area contributed by atoms with Crippen LogP contribution in [0.1, 0.15) is 6.92 Å². The van der Waals surface area contributed by atoms with Crippen molar-refractivity contribution in [2.45, 2.75) is 25.0 Å². The minimum absolute atomic E-state index is 0.337. The number of sulfonamides is 1. The van der Waals surface area contributed by atoms with Crippen LogP contribution in [0.3, 0.4) is 0 Å². The van der Waals surface area contributed by atoms with Crippen LogP contribution < -0.4 is 0 Å². The van der Waals surface area contributed by atoms with E-state index in [1.54, 1.807) is 41.0 Å². The zero-order chi connectivity index (χ0) is 21.1. The highest BCUT2D eigenvalue weighted by atomic mass is 32.2. The number of piperazine rings is 1. The summed E-state index contributed by atoms with van der Waals surface area (Å²) in [4.78, 5) is 6.58. The number of hydrogen-bond acceptors (Lipinski definition) is 6. The standard InChI is InChI=1S/C20H24N6O2S2/c1-2-25-19(17-8-10-21-11-9-17)22-26(20(25)29)16-23-12-14-24(15-13-23)30(27,28)18-6-4-3-5-7-18/h3-11H,2,12-16H2,1H3. The summed E-state index contributed by atoms with van der Waals surface area (Å²) >= 11 is 5.64. The molecule has 0 N–H and O–H groups in total. The van der Waals surface area contributed by atoms with Gasteiger partial charge in [-0.2, -0.15) is 9.40 Å². The van der Waals surface area contributed by atoms with Gasteiger partial charge in [0.05, 0.1) is 11.6 Å². The molecule has 0 saturated carbocycles. The molecule has 0 aliphatic carbocycles. The maximum atomic E-state index is 12.8. The third-order valence-electron chi connectivity index (χ3n) is 5.22. The average Bonchev–Trinajstić information content (AvgIpc) is 3.10. The molecule has 1 fully saturated rings. The molecule has 1 aliphatic heterocycles. The van der Waals surface area contributed by atoms with E-state index in [2.05, 4.69) is 9.88 Å². The lowest BCUT2D eigenvalue weighted by Gasteiger charge is -2.33. The number of rotatable bonds is 6. The van der Waals surface area contributed by atoms with Crippen molar-refractivity contribution < 1.29 is 8.42 Å². The largest absolute Gasteiger partial charge is 0.300 e. The number of benzene rings is 1. The van der Waals surface area contributed by atoms with Crippen LogP contribution in [0.5, 0.6) is 0 Å². The Labute approximate surface area is 181 Å². The summed E-state index contributed by atoms with van der Waals surface area (Å²) in [6, 6.07) is 12.4. The molecule has 1 saturated heterocycles. The Morgan fingerprint density at radius 3 is 2.30 bits per heavy atom. The van der Waals surface area contributed by atoms with Gasteiger partial charge in [0.2, 0.25) is 10.0 Å². The van der Waals surface area contributed by atoms with Gasteiger partial charge in [0.15, 0.2) is 10.6 Å². The molecule has 0 bridgehead atoms. The van der Waals surface area contributed by atoms with Crippen molar-refractivity contribution in [3.05, 3.63) is 59.6 Å². The SMILES string of the molecule is CCn1c(-c2ccncc2)nn(CN2CCN(S(=O)(=O)c3ccccc3)CC2)c1=S. The predicted molar refractivity (Wildman–Crippen MR) is 117 cm³/mol. The maximum Gasteiger partial charge on any atom is 0.243 e. The summed E-state index contributed by atoms with van der Waals surface area (Å²) in [5, 5.41) is 4.73. The van der Waals surface area contributed by atoms with E-state index in [1.165, 1.54) is 0 Å². The fraction of sp³-hybridized carbons (Fsp3) is 0.350. The van der Waals surface area contributed by atoms with Crippen molar-refractivity contribution in [3.8, 4) is 11.4 Å². The first kappa shape index (κ1) is 20.9. The van der Waals surface area contributed by atoms with E-state index in [0.29, 0.717) is 42.5 Å². The topological polar surface area (TPSA) is 76.3 Å². The Morgan fingerprint density at radius 1 is 1.00 bits per heavy atom. The molecule has 0 amide bonds. The van der Waals surface area contributed by atoms with E-state index in [1.807, 2.05) is 34.4 Å². The maximum absolute atomic E-state index is 12.8. The number of hydrogen-bond donors (Lipinski definition) is 0. The van der Waals surface area contributed by atoms with Crippen molar-refractivity contribution in [1.29, 1.82) is 0 Å². The lowest BCUT2D eigenvalue weighted by atomic mass is 10.2. The second-order valence-electron chi connectivity index (χ2n) is 7.06. The molecule has 4 rings (SSSR count). The molecule has 0 unspecified atom stereocenters. The number of pyridine rings is 1.